The summed E-state index contributed by atoms with van der Waals surface area (Å²) in [6.07, 6.45) is 2.60. The van der Waals surface area contributed by atoms with Gasteiger partial charge in [-0.25, -0.2) is 9.97 Å². The quantitative estimate of drug-likeness (QED) is 0.851. The number of aliphatic hydroxyl groups is 1. The standard InChI is InChI=1S/C14H17ClN4O2/c1-8(20)7-12(21)18-14-16-10-5-6-11(15)17-13(10)19(14)9-3-2-4-9/h5-6,8-9,20H,2-4,7H2,1H3,(H,16,18,21)/t8-/m1/s1. The van der Waals surface area contributed by atoms with E-state index in [9.17, 15) is 9.90 Å². The van der Waals surface area contributed by atoms with Crippen molar-refractivity contribution in [3.8, 4) is 0 Å². The third-order valence-corrected chi connectivity index (χ3v) is 3.89. The molecule has 1 aliphatic carbocycles. The average Bonchev–Trinajstić information content (AvgIpc) is 2.64. The van der Waals surface area contributed by atoms with E-state index in [4.69, 9.17) is 11.6 Å². The fourth-order valence-electron chi connectivity index (χ4n) is 2.47. The van der Waals surface area contributed by atoms with E-state index in [-0.39, 0.29) is 12.3 Å². The minimum Gasteiger partial charge on any atom is -0.393 e. The van der Waals surface area contributed by atoms with Crippen LogP contribution in [0.1, 0.15) is 38.6 Å². The van der Waals surface area contributed by atoms with E-state index < -0.39 is 6.10 Å². The molecule has 21 heavy (non-hydrogen) atoms. The molecular formula is C14H17ClN4O2. The molecule has 2 aromatic heterocycles. The van der Waals surface area contributed by atoms with E-state index in [1.54, 1.807) is 19.1 Å². The third-order valence-electron chi connectivity index (χ3n) is 3.68. The number of pyridine rings is 1. The van der Waals surface area contributed by atoms with Gasteiger partial charge in [-0.1, -0.05) is 11.6 Å². The summed E-state index contributed by atoms with van der Waals surface area (Å²) in [7, 11) is 0. The van der Waals surface area contributed by atoms with Crippen LogP contribution in [-0.2, 0) is 4.79 Å². The van der Waals surface area contributed by atoms with Crippen LogP contribution in [0.25, 0.3) is 11.2 Å². The molecule has 1 aliphatic rings. The predicted molar refractivity (Wildman–Crippen MR) is 80.4 cm³/mol. The number of nitrogens with one attached hydrogen (secondary N) is 1. The second-order valence-corrected chi connectivity index (χ2v) is 5.86. The lowest BCUT2D eigenvalue weighted by molar-refractivity contribution is -0.117. The van der Waals surface area contributed by atoms with Gasteiger partial charge in [0, 0.05) is 6.04 Å². The van der Waals surface area contributed by atoms with Crippen molar-refractivity contribution < 1.29 is 9.90 Å². The highest BCUT2D eigenvalue weighted by molar-refractivity contribution is 6.29. The molecule has 112 valence electrons. The maximum absolute atomic E-state index is 11.9. The molecule has 2 heterocycles. The van der Waals surface area contributed by atoms with Gasteiger partial charge in [0.1, 0.15) is 10.7 Å². The van der Waals surface area contributed by atoms with Gasteiger partial charge >= 0.3 is 0 Å². The molecule has 1 fully saturated rings. The van der Waals surface area contributed by atoms with Crippen molar-refractivity contribution in [2.45, 2.75) is 44.8 Å². The fourth-order valence-corrected chi connectivity index (χ4v) is 2.62. The van der Waals surface area contributed by atoms with Crippen molar-refractivity contribution in [2.24, 2.45) is 0 Å². The Morgan fingerprint density at radius 1 is 1.52 bits per heavy atom. The Balaban J connectivity index is 1.98. The molecule has 3 rings (SSSR count). The number of halogens is 1. The first-order chi connectivity index (χ1) is 10.0. The SMILES string of the molecule is C[C@@H](O)CC(=O)Nc1nc2ccc(Cl)nc2n1C1CCC1. The summed E-state index contributed by atoms with van der Waals surface area (Å²) in [5, 5.41) is 12.5. The summed E-state index contributed by atoms with van der Waals surface area (Å²) in [6.45, 7) is 1.58. The molecule has 2 N–H and O–H groups in total. The molecule has 1 atom stereocenters. The number of fused-ring (bicyclic) bond motifs is 1. The number of rotatable bonds is 4. The molecule has 0 spiro atoms. The Hall–Kier alpha value is -1.66. The molecule has 0 saturated heterocycles. The monoisotopic (exact) mass is 308 g/mol. The fraction of sp³-hybridized carbons (Fsp3) is 0.500. The van der Waals surface area contributed by atoms with Crippen LogP contribution in [0.5, 0.6) is 0 Å². The van der Waals surface area contributed by atoms with Gasteiger partial charge in [-0.2, -0.15) is 0 Å². The van der Waals surface area contributed by atoms with E-state index in [0.717, 1.165) is 19.3 Å². The Kier molecular flexibility index (Phi) is 3.82. The summed E-state index contributed by atoms with van der Waals surface area (Å²) in [4.78, 5) is 20.6. The molecule has 1 amide bonds. The smallest absolute Gasteiger partial charge is 0.229 e. The van der Waals surface area contributed by atoms with Crippen molar-refractivity contribution in [3.05, 3.63) is 17.3 Å². The van der Waals surface area contributed by atoms with E-state index in [2.05, 4.69) is 15.3 Å². The number of carbonyl (C=O) groups is 1. The molecular weight excluding hydrogens is 292 g/mol. The largest absolute Gasteiger partial charge is 0.393 e. The van der Waals surface area contributed by atoms with Gasteiger partial charge < -0.3 is 5.11 Å². The zero-order valence-electron chi connectivity index (χ0n) is 11.7. The van der Waals surface area contributed by atoms with Crippen LogP contribution in [0.4, 0.5) is 5.95 Å². The summed E-state index contributed by atoms with van der Waals surface area (Å²) < 4.78 is 1.95. The molecule has 7 heteroatoms. The third kappa shape index (κ3) is 2.87. The summed E-state index contributed by atoms with van der Waals surface area (Å²) in [5.41, 5.74) is 1.40. The van der Waals surface area contributed by atoms with Crippen LogP contribution in [0.3, 0.4) is 0 Å². The number of amides is 1. The number of hydrogen-bond donors (Lipinski definition) is 2. The first-order valence-corrected chi connectivity index (χ1v) is 7.45. The number of carbonyl (C=O) groups excluding carboxylic acids is 1. The second-order valence-electron chi connectivity index (χ2n) is 5.47. The zero-order chi connectivity index (χ0) is 15.0. The molecule has 0 aliphatic heterocycles. The van der Waals surface area contributed by atoms with Gasteiger partial charge in [0.05, 0.1) is 12.5 Å². The predicted octanol–water partition coefficient (Wildman–Crippen LogP) is 2.52. The highest BCUT2D eigenvalue weighted by Gasteiger charge is 2.26. The molecule has 0 bridgehead atoms. The Morgan fingerprint density at radius 2 is 2.29 bits per heavy atom. The van der Waals surface area contributed by atoms with E-state index in [0.29, 0.717) is 28.3 Å². The summed E-state index contributed by atoms with van der Waals surface area (Å²) in [5.74, 6) is 0.224. The van der Waals surface area contributed by atoms with Crippen molar-refractivity contribution in [3.63, 3.8) is 0 Å². The lowest BCUT2D eigenvalue weighted by atomic mass is 9.93. The van der Waals surface area contributed by atoms with Crippen LogP contribution < -0.4 is 5.32 Å². The van der Waals surface area contributed by atoms with E-state index >= 15 is 0 Å². The Labute approximate surface area is 127 Å². The maximum atomic E-state index is 11.9. The van der Waals surface area contributed by atoms with Crippen LogP contribution in [0, 0.1) is 0 Å². The maximum Gasteiger partial charge on any atom is 0.229 e. The first kappa shape index (κ1) is 14.3. The lowest BCUT2D eigenvalue weighted by Gasteiger charge is -2.28. The summed E-state index contributed by atoms with van der Waals surface area (Å²) in [6, 6.07) is 3.77. The molecule has 1 saturated carbocycles. The Morgan fingerprint density at radius 3 is 2.90 bits per heavy atom. The second kappa shape index (κ2) is 5.61. The number of aliphatic hydroxyl groups excluding tert-OH is 1. The van der Waals surface area contributed by atoms with Gasteiger partial charge in [0.25, 0.3) is 0 Å². The van der Waals surface area contributed by atoms with Gasteiger partial charge in [-0.3, -0.25) is 14.7 Å². The average molecular weight is 309 g/mol. The van der Waals surface area contributed by atoms with Crippen molar-refractivity contribution in [1.29, 1.82) is 0 Å². The number of aromatic nitrogens is 3. The van der Waals surface area contributed by atoms with Crippen LogP contribution in [0.2, 0.25) is 5.15 Å². The molecule has 6 nitrogen and oxygen atoms in total. The Bertz CT molecular complexity index is 679. The topological polar surface area (TPSA) is 80.0 Å². The van der Waals surface area contributed by atoms with Gasteiger partial charge in [0.15, 0.2) is 5.65 Å². The van der Waals surface area contributed by atoms with Crippen LogP contribution in [0.15, 0.2) is 12.1 Å². The molecule has 0 aromatic carbocycles. The van der Waals surface area contributed by atoms with Crippen molar-refractivity contribution >= 4 is 34.6 Å². The summed E-state index contributed by atoms with van der Waals surface area (Å²) >= 11 is 5.97. The van der Waals surface area contributed by atoms with Crippen LogP contribution in [-0.4, -0.2) is 31.7 Å². The molecule has 2 aromatic rings. The van der Waals surface area contributed by atoms with E-state index in [1.165, 1.54) is 0 Å². The number of anilines is 1. The lowest BCUT2D eigenvalue weighted by Crippen LogP contribution is -2.24. The van der Waals surface area contributed by atoms with Gasteiger partial charge in [-0.15, -0.1) is 0 Å². The normalized spacial score (nSPS) is 16.7. The minimum atomic E-state index is -0.681. The number of imidazole rings is 1. The van der Waals surface area contributed by atoms with E-state index in [1.807, 2.05) is 4.57 Å². The number of nitrogens with zero attached hydrogens (tertiary/aromatic N) is 3. The van der Waals surface area contributed by atoms with Gasteiger partial charge in [0.2, 0.25) is 11.9 Å². The van der Waals surface area contributed by atoms with Crippen molar-refractivity contribution in [1.82, 2.24) is 14.5 Å². The highest BCUT2D eigenvalue weighted by atomic mass is 35.5. The first-order valence-electron chi connectivity index (χ1n) is 7.07. The van der Waals surface area contributed by atoms with Crippen LogP contribution >= 0.6 is 11.6 Å². The minimum absolute atomic E-state index is 0.0437. The molecule has 0 unspecified atom stereocenters. The zero-order valence-corrected chi connectivity index (χ0v) is 12.5. The number of hydrogen-bond acceptors (Lipinski definition) is 4. The van der Waals surface area contributed by atoms with Gasteiger partial charge in [-0.05, 0) is 38.3 Å². The highest BCUT2D eigenvalue weighted by Crippen LogP contribution is 2.36. The molecule has 0 radical (unpaired) electrons. The van der Waals surface area contributed by atoms with Crippen molar-refractivity contribution in [2.75, 3.05) is 5.32 Å².